The molecule has 0 unspecified atom stereocenters. The number of aromatic amines is 1. The molecule has 0 spiro atoms. The van der Waals surface area contributed by atoms with E-state index < -0.39 is 29.5 Å². The Labute approximate surface area is 215 Å². The van der Waals surface area contributed by atoms with Crippen molar-refractivity contribution in [2.45, 2.75) is 44.9 Å². The van der Waals surface area contributed by atoms with Gasteiger partial charge in [0.05, 0.1) is 27.8 Å². The van der Waals surface area contributed by atoms with Gasteiger partial charge in [0.25, 0.3) is 11.8 Å². The number of ether oxygens (including phenoxy) is 1. The highest BCUT2D eigenvalue weighted by molar-refractivity contribution is 7.17. The molecule has 2 aromatic heterocycles. The van der Waals surface area contributed by atoms with Crippen LogP contribution in [0.5, 0.6) is 0 Å². The Morgan fingerprint density at radius 3 is 2.51 bits per heavy atom. The number of hydrogen-bond acceptors (Lipinski definition) is 8. The van der Waals surface area contributed by atoms with Crippen molar-refractivity contribution in [1.82, 2.24) is 20.6 Å². The number of nitrogens with zero attached hydrogens (tertiary/aromatic N) is 2. The second-order valence-electron chi connectivity index (χ2n) is 8.82. The molecule has 2 aromatic rings. The first-order valence-electron chi connectivity index (χ1n) is 10.7. The maximum absolute atomic E-state index is 12.7. The molecule has 1 aliphatic rings. The lowest BCUT2D eigenvalue weighted by Crippen LogP contribution is -2.55. The van der Waals surface area contributed by atoms with Crippen LogP contribution in [0.3, 0.4) is 0 Å². The van der Waals surface area contributed by atoms with Crippen LogP contribution in [0.2, 0.25) is 10.0 Å². The molecule has 35 heavy (non-hydrogen) atoms. The van der Waals surface area contributed by atoms with Gasteiger partial charge in [0, 0.05) is 32.4 Å². The molecule has 0 bridgehead atoms. The van der Waals surface area contributed by atoms with E-state index in [1.807, 2.05) is 4.90 Å². The van der Waals surface area contributed by atoms with Crippen LogP contribution in [0.15, 0.2) is 0 Å². The lowest BCUT2D eigenvalue weighted by molar-refractivity contribution is 0.0540. The van der Waals surface area contributed by atoms with Crippen molar-refractivity contribution < 1.29 is 29.3 Å². The number of aryl methyl sites for hydroxylation is 1. The van der Waals surface area contributed by atoms with Gasteiger partial charge >= 0.3 is 5.97 Å². The van der Waals surface area contributed by atoms with Crippen molar-refractivity contribution in [2.24, 2.45) is 0 Å². The third-order valence-corrected chi connectivity index (χ3v) is 7.49. The third-order valence-electron chi connectivity index (χ3n) is 5.44. The van der Waals surface area contributed by atoms with Crippen LogP contribution < -0.4 is 15.5 Å². The molecule has 11 nitrogen and oxygen atoms in total. The Kier molecular flexibility index (Phi) is 8.32. The van der Waals surface area contributed by atoms with E-state index in [1.165, 1.54) is 21.0 Å². The van der Waals surface area contributed by atoms with Crippen LogP contribution in [-0.2, 0) is 4.74 Å². The second kappa shape index (κ2) is 10.7. The van der Waals surface area contributed by atoms with Gasteiger partial charge in [-0.3, -0.25) is 9.59 Å². The van der Waals surface area contributed by atoms with Gasteiger partial charge in [-0.05, 0) is 27.2 Å². The number of carbonyl (C=O) groups is 3. The number of aromatic carboxylic acids is 1. The number of piperidine rings is 1. The van der Waals surface area contributed by atoms with Gasteiger partial charge in [0.15, 0.2) is 10.8 Å². The summed E-state index contributed by atoms with van der Waals surface area (Å²) in [6.07, 6.45) is 0.0278. The van der Waals surface area contributed by atoms with Crippen LogP contribution in [-0.4, -0.2) is 82.5 Å². The summed E-state index contributed by atoms with van der Waals surface area (Å²) < 4.78 is 5.59. The fraction of sp³-hybridized carbons (Fsp3) is 0.524. The maximum Gasteiger partial charge on any atom is 0.348 e. The van der Waals surface area contributed by atoms with Gasteiger partial charge < -0.3 is 35.5 Å². The second-order valence-corrected chi connectivity index (χ2v) is 10.5. The van der Waals surface area contributed by atoms with Crippen molar-refractivity contribution in [3.63, 3.8) is 0 Å². The summed E-state index contributed by atoms with van der Waals surface area (Å²) in [5.74, 6) is -2.38. The zero-order valence-corrected chi connectivity index (χ0v) is 21.9. The summed E-state index contributed by atoms with van der Waals surface area (Å²) in [6.45, 7) is 5.41. The first-order chi connectivity index (χ1) is 16.3. The molecule has 0 aromatic carbocycles. The molecule has 2 atom stereocenters. The average Bonchev–Trinajstić information content (AvgIpc) is 3.35. The predicted octanol–water partition coefficient (Wildman–Crippen LogP) is 2.31. The normalized spacial score (nSPS) is 18.4. The number of carboxylic acid groups (broad SMARTS) is 1. The summed E-state index contributed by atoms with van der Waals surface area (Å²) in [5.41, 5.74) is -0.635. The number of halogens is 2. The van der Waals surface area contributed by atoms with Crippen molar-refractivity contribution in [1.29, 1.82) is 0 Å². The minimum Gasteiger partial charge on any atom is -0.477 e. The molecule has 0 saturated carbocycles. The number of hydrogen-bond donors (Lipinski definition) is 5. The van der Waals surface area contributed by atoms with Gasteiger partial charge in [-0.15, -0.1) is 0 Å². The molecule has 1 fully saturated rings. The van der Waals surface area contributed by atoms with Gasteiger partial charge in [-0.2, -0.15) is 0 Å². The van der Waals surface area contributed by atoms with Gasteiger partial charge in [-0.25, -0.2) is 9.78 Å². The first-order valence-corrected chi connectivity index (χ1v) is 12.3. The van der Waals surface area contributed by atoms with E-state index in [-0.39, 0.29) is 38.9 Å². The molecule has 3 rings (SSSR count). The van der Waals surface area contributed by atoms with E-state index >= 15 is 0 Å². The molecular weight excluding hydrogens is 521 g/mol. The number of thiazole rings is 1. The summed E-state index contributed by atoms with van der Waals surface area (Å²) in [7, 11) is 1.51. The molecule has 1 aliphatic heterocycles. The van der Waals surface area contributed by atoms with Crippen LogP contribution in [0.1, 0.15) is 56.6 Å². The maximum atomic E-state index is 12.7. The molecule has 2 amide bonds. The van der Waals surface area contributed by atoms with Crippen LogP contribution in [0, 0.1) is 6.92 Å². The molecule has 192 valence electrons. The largest absolute Gasteiger partial charge is 0.477 e. The SMILES string of the molecule is CO[C@H]1CN(c2nc(C(=O)NCC(C)(C)O)c(C(=O)O)s2)CC[C@H]1NC(=O)c1[nH]c(C)c(Cl)c1Cl. The number of anilines is 1. The van der Waals surface area contributed by atoms with Crippen LogP contribution >= 0.6 is 34.5 Å². The topological polar surface area (TPSA) is 157 Å². The molecule has 3 heterocycles. The number of amides is 2. The van der Waals surface area contributed by atoms with Gasteiger partial charge in [0.1, 0.15) is 10.6 Å². The number of H-pyrrole nitrogens is 1. The van der Waals surface area contributed by atoms with E-state index in [2.05, 4.69) is 20.6 Å². The number of carbonyl (C=O) groups excluding carboxylic acids is 2. The summed E-state index contributed by atoms with van der Waals surface area (Å²) in [6, 6.07) is -0.351. The number of methoxy groups -OCH3 is 1. The lowest BCUT2D eigenvalue weighted by atomic mass is 10.0. The van der Waals surface area contributed by atoms with E-state index in [0.29, 0.717) is 30.3 Å². The van der Waals surface area contributed by atoms with Crippen LogP contribution in [0.4, 0.5) is 5.13 Å². The highest BCUT2D eigenvalue weighted by Crippen LogP contribution is 2.31. The molecule has 14 heteroatoms. The molecular formula is C21H27Cl2N5O6S. The number of aliphatic hydroxyl groups is 1. The Morgan fingerprint density at radius 2 is 1.97 bits per heavy atom. The molecule has 5 N–H and O–H groups in total. The first kappa shape index (κ1) is 27.2. The van der Waals surface area contributed by atoms with E-state index in [0.717, 1.165) is 11.3 Å². The molecule has 0 aliphatic carbocycles. The van der Waals surface area contributed by atoms with Crippen LogP contribution in [0.25, 0.3) is 0 Å². The fourth-order valence-corrected chi connectivity index (χ4v) is 4.94. The number of carboxylic acids is 1. The Bertz CT molecular complexity index is 1130. The number of aromatic nitrogens is 2. The zero-order chi connectivity index (χ0) is 26.1. The highest BCUT2D eigenvalue weighted by Gasteiger charge is 2.34. The van der Waals surface area contributed by atoms with Crippen molar-refractivity contribution in [3.05, 3.63) is 32.0 Å². The summed E-state index contributed by atoms with van der Waals surface area (Å²) in [4.78, 5) is 45.8. The third kappa shape index (κ3) is 6.25. The zero-order valence-electron chi connectivity index (χ0n) is 19.6. The monoisotopic (exact) mass is 547 g/mol. The summed E-state index contributed by atoms with van der Waals surface area (Å²) in [5, 5.41) is 25.6. The number of rotatable bonds is 8. The quantitative estimate of drug-likeness (QED) is 0.337. The molecule has 1 saturated heterocycles. The Morgan fingerprint density at radius 1 is 1.29 bits per heavy atom. The predicted molar refractivity (Wildman–Crippen MR) is 132 cm³/mol. The standard InChI is InChI=1S/C21H27Cl2N5O6S/c1-9-12(22)13(23)14(25-9)18(30)26-10-5-6-28(7-11(10)34-4)20-27-15(16(35-20)19(31)32)17(29)24-8-21(2,3)33/h10-11,25,33H,5-8H2,1-4H3,(H,24,29)(H,26,30)(H,31,32)/t10-,11+/m1/s1. The average molecular weight is 548 g/mol. The van der Waals surface area contributed by atoms with Gasteiger partial charge in [0.2, 0.25) is 0 Å². The Hall–Kier alpha value is -2.38. The Balaban J connectivity index is 1.73. The minimum absolute atomic E-state index is 0.0653. The fourth-order valence-electron chi connectivity index (χ4n) is 3.59. The van der Waals surface area contributed by atoms with E-state index in [4.69, 9.17) is 27.9 Å². The lowest BCUT2D eigenvalue weighted by Gasteiger charge is -2.37. The smallest absolute Gasteiger partial charge is 0.348 e. The number of nitrogens with one attached hydrogen (secondary N) is 3. The minimum atomic E-state index is -1.27. The highest BCUT2D eigenvalue weighted by atomic mass is 35.5. The van der Waals surface area contributed by atoms with Crippen molar-refractivity contribution >= 4 is 57.5 Å². The summed E-state index contributed by atoms with van der Waals surface area (Å²) >= 11 is 13.1. The van der Waals surface area contributed by atoms with E-state index in [1.54, 1.807) is 6.92 Å². The van der Waals surface area contributed by atoms with Crippen molar-refractivity contribution in [3.8, 4) is 0 Å². The molecule has 0 radical (unpaired) electrons. The van der Waals surface area contributed by atoms with E-state index in [9.17, 15) is 24.6 Å². The van der Waals surface area contributed by atoms with Gasteiger partial charge in [-0.1, -0.05) is 34.5 Å². The van der Waals surface area contributed by atoms with Crippen molar-refractivity contribution in [2.75, 3.05) is 31.6 Å².